The lowest BCUT2D eigenvalue weighted by molar-refractivity contribution is -0.00519. The number of nitrogens with zero attached hydrogens (tertiary/aromatic N) is 1. The molecule has 0 aliphatic heterocycles. The molecule has 0 atom stereocenters. The number of aromatic nitrogens is 1. The van der Waals surface area contributed by atoms with E-state index in [1.165, 1.54) is 55.4 Å². The molecule has 5 heteroatoms. The minimum Gasteiger partial charge on any atom is -0.497 e. The molecule has 0 unspecified atom stereocenters. The van der Waals surface area contributed by atoms with Crippen molar-refractivity contribution < 1.29 is 9.53 Å². The third-order valence-electron chi connectivity index (χ3n) is 7.61. The van der Waals surface area contributed by atoms with Crippen LogP contribution in [0.3, 0.4) is 0 Å². The number of methoxy groups -OCH3 is 1. The molecule has 1 amide bonds. The first-order valence-electron chi connectivity index (χ1n) is 11.0. The Labute approximate surface area is 180 Å². The minimum absolute atomic E-state index is 0.0990. The number of hydrogen-bond donors (Lipinski definition) is 1. The van der Waals surface area contributed by atoms with Crippen LogP contribution in [0.4, 0.5) is 5.13 Å². The van der Waals surface area contributed by atoms with Crippen molar-refractivity contribution in [1.82, 2.24) is 4.98 Å². The molecule has 30 heavy (non-hydrogen) atoms. The van der Waals surface area contributed by atoms with Gasteiger partial charge in [0.15, 0.2) is 5.13 Å². The summed E-state index contributed by atoms with van der Waals surface area (Å²) in [7, 11) is 1.65. The highest BCUT2D eigenvalue weighted by atomic mass is 32.1. The number of fused-ring (bicyclic) bond motifs is 1. The molecule has 0 spiro atoms. The first kappa shape index (κ1) is 18.4. The Morgan fingerprint density at radius 1 is 1.03 bits per heavy atom. The minimum atomic E-state index is -0.0990. The lowest BCUT2D eigenvalue weighted by Crippen LogP contribution is -2.48. The van der Waals surface area contributed by atoms with Crippen LogP contribution in [0.25, 0.3) is 10.2 Å². The van der Waals surface area contributed by atoms with Gasteiger partial charge in [-0.05, 0) is 97.6 Å². The predicted octanol–water partition coefficient (Wildman–Crippen LogP) is 6.03. The van der Waals surface area contributed by atoms with Crippen LogP contribution in [-0.4, -0.2) is 18.0 Å². The summed E-state index contributed by atoms with van der Waals surface area (Å²) in [6.45, 7) is 0. The van der Waals surface area contributed by atoms with Crippen LogP contribution in [0.5, 0.6) is 5.75 Å². The van der Waals surface area contributed by atoms with Crippen LogP contribution in [0.2, 0.25) is 0 Å². The van der Waals surface area contributed by atoms with Gasteiger partial charge in [-0.1, -0.05) is 23.5 Å². The summed E-state index contributed by atoms with van der Waals surface area (Å²) < 4.78 is 6.27. The zero-order valence-corrected chi connectivity index (χ0v) is 18.0. The van der Waals surface area contributed by atoms with Crippen molar-refractivity contribution in [3.05, 3.63) is 53.6 Å². The summed E-state index contributed by atoms with van der Waals surface area (Å²) in [4.78, 5) is 17.3. The average molecular weight is 419 g/mol. The maximum absolute atomic E-state index is 12.8. The maximum atomic E-state index is 12.8. The van der Waals surface area contributed by atoms with E-state index in [2.05, 4.69) is 22.4 Å². The van der Waals surface area contributed by atoms with Gasteiger partial charge in [0, 0.05) is 5.56 Å². The predicted molar refractivity (Wildman–Crippen MR) is 120 cm³/mol. The fourth-order valence-corrected chi connectivity index (χ4v) is 7.58. The average Bonchev–Trinajstić information content (AvgIpc) is 3.14. The molecule has 4 aliphatic carbocycles. The van der Waals surface area contributed by atoms with E-state index in [0.717, 1.165) is 33.7 Å². The lowest BCUT2D eigenvalue weighted by Gasteiger charge is -2.57. The second kappa shape index (κ2) is 6.81. The molecule has 3 aromatic rings. The summed E-state index contributed by atoms with van der Waals surface area (Å²) in [5.74, 6) is 3.48. The molecular formula is C25H26N2O2S. The number of benzene rings is 2. The van der Waals surface area contributed by atoms with Crippen molar-refractivity contribution in [2.75, 3.05) is 12.4 Å². The van der Waals surface area contributed by atoms with E-state index in [4.69, 9.17) is 4.74 Å². The molecule has 4 aliphatic rings. The molecule has 4 bridgehead atoms. The molecule has 154 valence electrons. The van der Waals surface area contributed by atoms with Crippen LogP contribution < -0.4 is 10.1 Å². The lowest BCUT2D eigenvalue weighted by atomic mass is 9.48. The monoisotopic (exact) mass is 418 g/mol. The van der Waals surface area contributed by atoms with Gasteiger partial charge in [-0.25, -0.2) is 4.98 Å². The number of anilines is 1. The largest absolute Gasteiger partial charge is 0.497 e. The third kappa shape index (κ3) is 3.02. The van der Waals surface area contributed by atoms with Crippen molar-refractivity contribution in [2.45, 2.75) is 43.9 Å². The van der Waals surface area contributed by atoms with Gasteiger partial charge in [-0.2, -0.15) is 0 Å². The van der Waals surface area contributed by atoms with Crippen molar-refractivity contribution in [1.29, 1.82) is 0 Å². The number of carbonyl (C=O) groups excluding carboxylic acids is 1. The Morgan fingerprint density at radius 2 is 1.70 bits per heavy atom. The number of carbonyl (C=O) groups is 1. The molecule has 0 saturated heterocycles. The number of amides is 1. The Bertz CT molecular complexity index is 1080. The summed E-state index contributed by atoms with van der Waals surface area (Å²) in [5.41, 5.74) is 3.38. The van der Waals surface area contributed by atoms with Crippen LogP contribution in [0.15, 0.2) is 42.5 Å². The molecule has 1 N–H and O–H groups in total. The van der Waals surface area contributed by atoms with Crippen molar-refractivity contribution in [3.8, 4) is 5.75 Å². The molecule has 4 nitrogen and oxygen atoms in total. The molecule has 4 fully saturated rings. The summed E-state index contributed by atoms with van der Waals surface area (Å²) in [6.07, 6.45) is 8.40. The van der Waals surface area contributed by atoms with Crippen molar-refractivity contribution in [2.24, 2.45) is 17.8 Å². The second-order valence-corrected chi connectivity index (χ2v) is 10.6. The molecule has 4 saturated carbocycles. The fraction of sp³-hybridized carbons (Fsp3) is 0.440. The second-order valence-electron chi connectivity index (χ2n) is 9.58. The number of thiazole rings is 1. The van der Waals surface area contributed by atoms with Gasteiger partial charge in [0.05, 0.1) is 17.3 Å². The number of nitrogens with one attached hydrogen (secondary N) is 1. The zero-order chi connectivity index (χ0) is 20.3. The van der Waals surface area contributed by atoms with E-state index in [1.807, 2.05) is 30.3 Å². The number of hydrogen-bond acceptors (Lipinski definition) is 4. The summed E-state index contributed by atoms with van der Waals surface area (Å²) >= 11 is 1.47. The highest BCUT2D eigenvalue weighted by Gasteiger charge is 2.51. The van der Waals surface area contributed by atoms with Crippen molar-refractivity contribution >= 4 is 32.6 Å². The van der Waals surface area contributed by atoms with Gasteiger partial charge in [-0.3, -0.25) is 10.1 Å². The van der Waals surface area contributed by atoms with E-state index >= 15 is 0 Å². The van der Waals surface area contributed by atoms with E-state index in [-0.39, 0.29) is 5.91 Å². The van der Waals surface area contributed by atoms with Gasteiger partial charge >= 0.3 is 0 Å². The highest BCUT2D eigenvalue weighted by Crippen LogP contribution is 2.60. The zero-order valence-electron chi connectivity index (χ0n) is 17.2. The maximum Gasteiger partial charge on any atom is 0.257 e. The third-order valence-corrected chi connectivity index (χ3v) is 8.55. The van der Waals surface area contributed by atoms with Crippen LogP contribution in [0, 0.1) is 17.8 Å². The van der Waals surface area contributed by atoms with Crippen LogP contribution in [0.1, 0.15) is 54.4 Å². The Hall–Kier alpha value is -2.40. The van der Waals surface area contributed by atoms with E-state index < -0.39 is 0 Å². The summed E-state index contributed by atoms with van der Waals surface area (Å²) in [6, 6.07) is 14.2. The quantitative estimate of drug-likeness (QED) is 0.563. The Kier molecular flexibility index (Phi) is 4.17. The van der Waals surface area contributed by atoms with Crippen LogP contribution >= 0.6 is 11.3 Å². The van der Waals surface area contributed by atoms with Gasteiger partial charge in [0.2, 0.25) is 0 Å². The molecule has 1 aromatic heterocycles. The molecular weight excluding hydrogens is 392 g/mol. The standard InChI is InChI=1S/C25H26N2O2S/c1-29-20-6-7-21-22(11-20)30-24(26-21)27-23(28)18-2-4-19(5-3-18)25-12-15-8-16(13-25)10-17(9-15)14-25/h2-7,11,15-17H,8-10,12-14H2,1H3,(H,26,27,28). The highest BCUT2D eigenvalue weighted by molar-refractivity contribution is 7.22. The van der Waals surface area contributed by atoms with E-state index in [0.29, 0.717) is 16.1 Å². The Morgan fingerprint density at radius 3 is 2.33 bits per heavy atom. The van der Waals surface area contributed by atoms with Gasteiger partial charge in [0.1, 0.15) is 5.75 Å². The topological polar surface area (TPSA) is 51.2 Å². The smallest absolute Gasteiger partial charge is 0.257 e. The Balaban J connectivity index is 1.21. The number of ether oxygens (including phenoxy) is 1. The molecule has 0 radical (unpaired) electrons. The molecule has 1 heterocycles. The SMILES string of the molecule is COc1ccc2nc(NC(=O)c3ccc(C45CC6CC(CC(C6)C4)C5)cc3)sc2c1. The summed E-state index contributed by atoms with van der Waals surface area (Å²) in [5, 5.41) is 3.59. The first-order chi connectivity index (χ1) is 14.6. The van der Waals surface area contributed by atoms with Gasteiger partial charge in [0.25, 0.3) is 5.91 Å². The van der Waals surface area contributed by atoms with Crippen molar-refractivity contribution in [3.63, 3.8) is 0 Å². The molecule has 7 rings (SSSR count). The molecule has 2 aromatic carbocycles. The van der Waals surface area contributed by atoms with Crippen LogP contribution in [-0.2, 0) is 5.41 Å². The number of rotatable bonds is 4. The van der Waals surface area contributed by atoms with E-state index in [1.54, 1.807) is 7.11 Å². The normalized spacial score (nSPS) is 29.3. The first-order valence-corrected chi connectivity index (χ1v) is 11.8. The van der Waals surface area contributed by atoms with Gasteiger partial charge < -0.3 is 4.74 Å². The van der Waals surface area contributed by atoms with E-state index in [9.17, 15) is 4.79 Å². The fourth-order valence-electron chi connectivity index (χ4n) is 6.69. The van der Waals surface area contributed by atoms with Gasteiger partial charge in [-0.15, -0.1) is 0 Å².